The molecule has 0 atom stereocenters. The largest absolute Gasteiger partial charge is 0.478 e. The van der Waals surface area contributed by atoms with Crippen LogP contribution < -0.4 is 11.1 Å². The molecule has 1 aliphatic rings. The highest BCUT2D eigenvalue weighted by atomic mass is 19.1. The molecule has 108 valence electrons. The fraction of sp³-hybridized carbons (Fsp3) is 0.385. The maximum absolute atomic E-state index is 13.7. The van der Waals surface area contributed by atoms with E-state index in [1.165, 1.54) is 0 Å². The van der Waals surface area contributed by atoms with Crippen LogP contribution in [0.5, 0.6) is 0 Å². The number of halogens is 1. The van der Waals surface area contributed by atoms with E-state index < -0.39 is 11.8 Å². The number of nitrogens with zero attached hydrogens (tertiary/aromatic N) is 1. The molecule has 4 N–H and O–H groups in total. The number of nitrogens with two attached hydrogens (primary N) is 1. The molecule has 1 aromatic carbocycles. The van der Waals surface area contributed by atoms with E-state index in [1.54, 1.807) is 4.90 Å². The Balaban J connectivity index is 2.07. The average molecular weight is 281 g/mol. The normalized spacial score (nSPS) is 14.3. The van der Waals surface area contributed by atoms with Gasteiger partial charge < -0.3 is 21.1 Å². The fourth-order valence-corrected chi connectivity index (χ4v) is 2.16. The van der Waals surface area contributed by atoms with Gasteiger partial charge in [0.25, 0.3) is 0 Å². The minimum absolute atomic E-state index is 0.0378. The lowest BCUT2D eigenvalue weighted by molar-refractivity contribution is -0.128. The fourth-order valence-electron chi connectivity index (χ4n) is 2.16. The summed E-state index contributed by atoms with van der Waals surface area (Å²) in [5.74, 6) is -2.05. The van der Waals surface area contributed by atoms with Crippen LogP contribution in [0.15, 0.2) is 12.1 Å². The summed E-state index contributed by atoms with van der Waals surface area (Å²) in [6.07, 6.45) is 1.95. The Morgan fingerprint density at radius 3 is 2.60 bits per heavy atom. The summed E-state index contributed by atoms with van der Waals surface area (Å²) in [7, 11) is 0. The Kier molecular flexibility index (Phi) is 4.07. The monoisotopic (exact) mass is 281 g/mol. The molecule has 0 aromatic heterocycles. The van der Waals surface area contributed by atoms with E-state index in [-0.39, 0.29) is 29.4 Å². The lowest BCUT2D eigenvalue weighted by Gasteiger charge is -2.16. The Morgan fingerprint density at radius 1 is 1.35 bits per heavy atom. The van der Waals surface area contributed by atoms with Crippen molar-refractivity contribution in [3.63, 3.8) is 0 Å². The van der Waals surface area contributed by atoms with Gasteiger partial charge in [0.1, 0.15) is 5.82 Å². The number of anilines is 2. The predicted molar refractivity (Wildman–Crippen MR) is 72.1 cm³/mol. The maximum Gasteiger partial charge on any atom is 0.337 e. The summed E-state index contributed by atoms with van der Waals surface area (Å²) >= 11 is 0. The molecule has 6 nitrogen and oxygen atoms in total. The highest BCUT2D eigenvalue weighted by molar-refractivity contribution is 5.95. The van der Waals surface area contributed by atoms with Gasteiger partial charge >= 0.3 is 5.97 Å². The summed E-state index contributed by atoms with van der Waals surface area (Å²) in [5.41, 5.74) is 5.05. The van der Waals surface area contributed by atoms with Gasteiger partial charge in [-0.25, -0.2) is 9.18 Å². The SMILES string of the molecule is Nc1cc(F)c(NCC(=O)N2CCCC2)cc1C(=O)O. The molecule has 1 aliphatic heterocycles. The van der Waals surface area contributed by atoms with Gasteiger partial charge in [0.15, 0.2) is 0 Å². The number of hydrogen-bond donors (Lipinski definition) is 3. The van der Waals surface area contributed by atoms with Gasteiger partial charge in [0.05, 0.1) is 17.8 Å². The van der Waals surface area contributed by atoms with Crippen LogP contribution in [0.3, 0.4) is 0 Å². The Bertz CT molecular complexity index is 542. The van der Waals surface area contributed by atoms with Gasteiger partial charge in [-0.1, -0.05) is 0 Å². The molecule has 0 saturated carbocycles. The van der Waals surface area contributed by atoms with Crippen LogP contribution in [-0.2, 0) is 4.79 Å². The van der Waals surface area contributed by atoms with Gasteiger partial charge in [-0.3, -0.25) is 4.79 Å². The van der Waals surface area contributed by atoms with Crippen molar-refractivity contribution < 1.29 is 19.1 Å². The van der Waals surface area contributed by atoms with E-state index in [4.69, 9.17) is 10.8 Å². The van der Waals surface area contributed by atoms with Crippen molar-refractivity contribution in [2.24, 2.45) is 0 Å². The third kappa shape index (κ3) is 2.98. The second-order valence-electron chi connectivity index (χ2n) is 4.67. The zero-order valence-electron chi connectivity index (χ0n) is 10.9. The number of aromatic carboxylic acids is 1. The van der Waals surface area contributed by atoms with Crippen molar-refractivity contribution in [3.05, 3.63) is 23.5 Å². The number of hydrogen-bond acceptors (Lipinski definition) is 4. The van der Waals surface area contributed by atoms with Crippen molar-refractivity contribution in [1.82, 2.24) is 4.90 Å². The number of carboxylic acid groups (broad SMARTS) is 1. The number of likely N-dealkylation sites (tertiary alicyclic amines) is 1. The van der Waals surface area contributed by atoms with E-state index >= 15 is 0 Å². The molecule has 0 bridgehead atoms. The lowest BCUT2D eigenvalue weighted by atomic mass is 10.1. The zero-order valence-corrected chi connectivity index (χ0v) is 10.9. The molecule has 2 rings (SSSR count). The van der Waals surface area contributed by atoms with Crippen LogP contribution in [0.25, 0.3) is 0 Å². The van der Waals surface area contributed by atoms with E-state index in [2.05, 4.69) is 5.32 Å². The van der Waals surface area contributed by atoms with Gasteiger partial charge in [0, 0.05) is 18.8 Å². The number of carbonyl (C=O) groups excluding carboxylic acids is 1. The maximum atomic E-state index is 13.7. The summed E-state index contributed by atoms with van der Waals surface area (Å²) in [4.78, 5) is 24.4. The molecular weight excluding hydrogens is 265 g/mol. The molecule has 0 radical (unpaired) electrons. The van der Waals surface area contributed by atoms with Crippen LogP contribution in [0.2, 0.25) is 0 Å². The van der Waals surface area contributed by atoms with Crippen LogP contribution in [0, 0.1) is 5.82 Å². The van der Waals surface area contributed by atoms with Gasteiger partial charge in [-0.15, -0.1) is 0 Å². The van der Waals surface area contributed by atoms with Crippen molar-refractivity contribution in [1.29, 1.82) is 0 Å². The minimum Gasteiger partial charge on any atom is -0.478 e. The van der Waals surface area contributed by atoms with E-state index in [0.29, 0.717) is 13.1 Å². The van der Waals surface area contributed by atoms with Crippen molar-refractivity contribution in [2.45, 2.75) is 12.8 Å². The molecule has 0 unspecified atom stereocenters. The lowest BCUT2D eigenvalue weighted by Crippen LogP contribution is -2.33. The Hall–Kier alpha value is -2.31. The topological polar surface area (TPSA) is 95.7 Å². The van der Waals surface area contributed by atoms with Crippen LogP contribution in [0.1, 0.15) is 23.2 Å². The molecule has 1 fully saturated rings. The second-order valence-corrected chi connectivity index (χ2v) is 4.67. The standard InChI is InChI=1S/C13H16FN3O3/c14-9-6-10(15)8(13(19)20)5-11(9)16-7-12(18)17-3-1-2-4-17/h5-6,16H,1-4,7,15H2,(H,19,20). The molecule has 0 spiro atoms. The van der Waals surface area contributed by atoms with Gasteiger partial charge in [0.2, 0.25) is 5.91 Å². The zero-order chi connectivity index (χ0) is 14.7. The molecule has 0 aliphatic carbocycles. The van der Waals surface area contributed by atoms with Crippen molar-refractivity contribution in [2.75, 3.05) is 30.7 Å². The number of nitrogen functional groups attached to an aromatic ring is 1. The molecular formula is C13H16FN3O3. The third-order valence-electron chi connectivity index (χ3n) is 3.26. The summed E-state index contributed by atoms with van der Waals surface area (Å²) in [5, 5.41) is 11.6. The van der Waals surface area contributed by atoms with Crippen molar-refractivity contribution in [3.8, 4) is 0 Å². The first-order valence-electron chi connectivity index (χ1n) is 6.33. The van der Waals surface area contributed by atoms with Gasteiger partial charge in [-0.2, -0.15) is 0 Å². The van der Waals surface area contributed by atoms with Crippen molar-refractivity contribution >= 4 is 23.3 Å². The predicted octanol–water partition coefficient (Wildman–Crippen LogP) is 1.14. The minimum atomic E-state index is -1.24. The first-order valence-corrected chi connectivity index (χ1v) is 6.33. The number of rotatable bonds is 4. The highest BCUT2D eigenvalue weighted by Crippen LogP contribution is 2.22. The number of carbonyl (C=O) groups is 2. The number of benzene rings is 1. The quantitative estimate of drug-likeness (QED) is 0.719. The van der Waals surface area contributed by atoms with Crippen LogP contribution in [0.4, 0.5) is 15.8 Å². The molecule has 20 heavy (non-hydrogen) atoms. The second kappa shape index (κ2) is 5.77. The molecule has 1 saturated heterocycles. The Morgan fingerprint density at radius 2 is 2.00 bits per heavy atom. The molecule has 7 heteroatoms. The van der Waals surface area contributed by atoms with E-state index in [9.17, 15) is 14.0 Å². The van der Waals surface area contributed by atoms with E-state index in [1.807, 2.05) is 0 Å². The van der Waals surface area contributed by atoms with Crippen LogP contribution >= 0.6 is 0 Å². The molecule has 1 aromatic rings. The summed E-state index contributed by atoms with van der Waals surface area (Å²) in [6.45, 7) is 1.36. The molecule has 1 heterocycles. The van der Waals surface area contributed by atoms with E-state index in [0.717, 1.165) is 25.0 Å². The Labute approximate surface area is 115 Å². The smallest absolute Gasteiger partial charge is 0.337 e. The molecule has 1 amide bonds. The number of carboxylic acids is 1. The summed E-state index contributed by atoms with van der Waals surface area (Å²) < 4.78 is 13.7. The number of nitrogens with one attached hydrogen (secondary N) is 1. The van der Waals surface area contributed by atoms with Crippen LogP contribution in [-0.4, -0.2) is 41.5 Å². The first kappa shape index (κ1) is 14.1. The third-order valence-corrected chi connectivity index (χ3v) is 3.26. The highest BCUT2D eigenvalue weighted by Gasteiger charge is 2.18. The first-order chi connectivity index (χ1) is 9.49. The number of amides is 1. The van der Waals surface area contributed by atoms with Gasteiger partial charge in [-0.05, 0) is 25.0 Å². The average Bonchev–Trinajstić information content (AvgIpc) is 2.90. The summed E-state index contributed by atoms with van der Waals surface area (Å²) in [6, 6.07) is 2.04.